The maximum Gasteiger partial charge on any atom is 0.277 e. The van der Waals surface area contributed by atoms with E-state index in [1.165, 1.54) is 16.9 Å². The number of aromatic nitrogens is 3. The minimum Gasteiger partial charge on any atom is -0.493 e. The Kier molecular flexibility index (Phi) is 12.2. The normalized spacial score (nSPS) is 16.9. The molecule has 1 aliphatic rings. The molecule has 190 valence electrons. The lowest BCUT2D eigenvalue weighted by molar-refractivity contribution is 0.102. The first-order valence-electron chi connectivity index (χ1n) is 12.2. The molecule has 8 heteroatoms. The van der Waals surface area contributed by atoms with E-state index in [4.69, 9.17) is 9.47 Å². The largest absolute Gasteiger partial charge is 0.493 e. The Morgan fingerprint density at radius 1 is 1.40 bits per heavy atom. The van der Waals surface area contributed by atoms with Crippen molar-refractivity contribution < 1.29 is 14.3 Å². The van der Waals surface area contributed by atoms with Crippen molar-refractivity contribution in [1.29, 1.82) is 0 Å². The van der Waals surface area contributed by atoms with E-state index in [-0.39, 0.29) is 11.8 Å². The second-order valence-electron chi connectivity index (χ2n) is 7.71. The van der Waals surface area contributed by atoms with E-state index in [1.54, 1.807) is 18.7 Å². The molecular formula is C27H38N4O3S. The first kappa shape index (κ1) is 28.3. The lowest BCUT2D eigenvalue weighted by Crippen LogP contribution is -2.13. The molecule has 2 aromatic heterocycles. The summed E-state index contributed by atoms with van der Waals surface area (Å²) in [6, 6.07) is 0. The summed E-state index contributed by atoms with van der Waals surface area (Å²) in [7, 11) is 1.66. The molecule has 2 N–H and O–H groups in total. The van der Waals surface area contributed by atoms with Gasteiger partial charge in [0.05, 0.1) is 25.1 Å². The number of imidazole rings is 1. The van der Waals surface area contributed by atoms with E-state index in [0.29, 0.717) is 24.9 Å². The van der Waals surface area contributed by atoms with Gasteiger partial charge in [0.1, 0.15) is 16.5 Å². The summed E-state index contributed by atoms with van der Waals surface area (Å²) in [6.07, 6.45) is 15.0. The van der Waals surface area contributed by atoms with Crippen LogP contribution >= 0.6 is 11.3 Å². The van der Waals surface area contributed by atoms with Gasteiger partial charge in [-0.05, 0) is 36.6 Å². The quantitative estimate of drug-likeness (QED) is 0.348. The van der Waals surface area contributed by atoms with E-state index >= 15 is 0 Å². The molecule has 0 saturated carbocycles. The van der Waals surface area contributed by atoms with Crippen LogP contribution in [-0.2, 0) is 9.47 Å². The van der Waals surface area contributed by atoms with Crippen molar-refractivity contribution in [2.24, 2.45) is 0 Å². The van der Waals surface area contributed by atoms with Crippen LogP contribution in [0.25, 0.3) is 5.57 Å². The average Bonchev–Trinajstić information content (AvgIpc) is 3.63. The van der Waals surface area contributed by atoms with Crippen molar-refractivity contribution in [3.8, 4) is 0 Å². The van der Waals surface area contributed by atoms with Gasteiger partial charge in [0.2, 0.25) is 5.95 Å². The number of methoxy groups -OCH3 is 1. The number of aromatic amines is 1. The van der Waals surface area contributed by atoms with E-state index < -0.39 is 0 Å². The maximum absolute atomic E-state index is 12.7. The van der Waals surface area contributed by atoms with Crippen molar-refractivity contribution >= 4 is 28.8 Å². The molecule has 3 heterocycles. The number of carbonyl (C=O) groups excluding carboxylic acids is 1. The van der Waals surface area contributed by atoms with Gasteiger partial charge in [-0.1, -0.05) is 52.3 Å². The number of unbranched alkanes of at least 4 members (excludes halogenated alkanes) is 1. The smallest absolute Gasteiger partial charge is 0.277 e. The number of nitrogens with one attached hydrogen (secondary N) is 2. The molecule has 1 amide bonds. The van der Waals surface area contributed by atoms with Gasteiger partial charge in [0.15, 0.2) is 0 Å². The minimum absolute atomic E-state index is 0.0989. The standard InChI is InChI=1S/C25H32N4O3S.C2H6/c1-5-7-8-9-18(10-12-31-4)20-15-26-25(28-20)29-23(30)21-16-33-24(27-21)17(3)14-19-11-13-32-22(19)6-2;1-2/h6,8-10,14-17H,5,7,11-13H2,1-4H3,(H2,26,28,29,30);1-2H3/b9-8-,18-10+,19-14-,22-6+;. The number of anilines is 1. The van der Waals surface area contributed by atoms with Crippen LogP contribution in [0.1, 0.15) is 81.0 Å². The number of allylic oxidation sites excluding steroid dienone is 6. The third-order valence-corrected chi connectivity index (χ3v) is 6.19. The Hall–Kier alpha value is -2.97. The summed E-state index contributed by atoms with van der Waals surface area (Å²) in [5.41, 5.74) is 3.35. The van der Waals surface area contributed by atoms with Gasteiger partial charge in [-0.25, -0.2) is 9.97 Å². The molecule has 0 bridgehead atoms. The van der Waals surface area contributed by atoms with Crippen LogP contribution in [0.4, 0.5) is 5.95 Å². The van der Waals surface area contributed by atoms with Crippen molar-refractivity contribution in [3.63, 3.8) is 0 Å². The van der Waals surface area contributed by atoms with Crippen LogP contribution in [0.15, 0.2) is 53.3 Å². The molecule has 7 nitrogen and oxygen atoms in total. The van der Waals surface area contributed by atoms with Crippen LogP contribution in [0.2, 0.25) is 0 Å². The van der Waals surface area contributed by atoms with Gasteiger partial charge in [-0.2, -0.15) is 0 Å². The highest BCUT2D eigenvalue weighted by atomic mass is 32.1. The third-order valence-electron chi connectivity index (χ3n) is 5.14. The molecule has 0 aliphatic carbocycles. The summed E-state index contributed by atoms with van der Waals surface area (Å²) in [4.78, 5) is 24.8. The Morgan fingerprint density at radius 3 is 2.91 bits per heavy atom. The molecular weight excluding hydrogens is 460 g/mol. The fourth-order valence-corrected chi connectivity index (χ4v) is 4.24. The number of nitrogens with zero attached hydrogens (tertiary/aromatic N) is 2. The minimum atomic E-state index is -0.291. The maximum atomic E-state index is 12.7. The first-order chi connectivity index (χ1) is 17.0. The Balaban J connectivity index is 0.00000210. The van der Waals surface area contributed by atoms with E-state index in [9.17, 15) is 4.79 Å². The zero-order valence-electron chi connectivity index (χ0n) is 21.7. The van der Waals surface area contributed by atoms with Crippen molar-refractivity contribution in [1.82, 2.24) is 15.0 Å². The summed E-state index contributed by atoms with van der Waals surface area (Å²) < 4.78 is 10.8. The highest BCUT2D eigenvalue weighted by Gasteiger charge is 2.19. The predicted octanol–water partition coefficient (Wildman–Crippen LogP) is 6.88. The van der Waals surface area contributed by atoms with E-state index in [0.717, 1.165) is 41.3 Å². The molecule has 3 rings (SSSR count). The van der Waals surface area contributed by atoms with Crippen molar-refractivity contribution in [2.75, 3.05) is 25.6 Å². The third kappa shape index (κ3) is 8.33. The van der Waals surface area contributed by atoms with Crippen LogP contribution in [0, 0.1) is 0 Å². The molecule has 1 aliphatic heterocycles. The van der Waals surface area contributed by atoms with Crippen LogP contribution in [0.5, 0.6) is 0 Å². The van der Waals surface area contributed by atoms with E-state index in [2.05, 4.69) is 46.3 Å². The van der Waals surface area contributed by atoms with Gasteiger partial charge in [-0.3, -0.25) is 10.1 Å². The lowest BCUT2D eigenvalue weighted by Gasteiger charge is -2.05. The topological polar surface area (TPSA) is 89.1 Å². The fourth-order valence-electron chi connectivity index (χ4n) is 3.42. The van der Waals surface area contributed by atoms with Gasteiger partial charge in [-0.15, -0.1) is 11.3 Å². The second kappa shape index (κ2) is 15.1. The first-order valence-corrected chi connectivity index (χ1v) is 13.1. The van der Waals surface area contributed by atoms with Gasteiger partial charge in [0, 0.05) is 24.8 Å². The Labute approximate surface area is 213 Å². The second-order valence-corrected chi connectivity index (χ2v) is 8.60. The number of hydrogen-bond donors (Lipinski definition) is 2. The molecule has 1 fully saturated rings. The number of carbonyl (C=O) groups is 1. The molecule has 0 aromatic carbocycles. The van der Waals surface area contributed by atoms with Crippen molar-refractivity contribution in [2.45, 2.75) is 59.8 Å². The number of amides is 1. The number of ether oxygens (including phenoxy) is 2. The Morgan fingerprint density at radius 2 is 2.20 bits per heavy atom. The van der Waals surface area contributed by atoms with Crippen LogP contribution < -0.4 is 5.32 Å². The predicted molar refractivity (Wildman–Crippen MR) is 145 cm³/mol. The summed E-state index contributed by atoms with van der Waals surface area (Å²) in [5, 5.41) is 5.48. The van der Waals surface area contributed by atoms with Crippen molar-refractivity contribution in [3.05, 3.63) is 69.7 Å². The van der Waals surface area contributed by atoms with E-state index in [1.807, 2.05) is 39.0 Å². The zero-order chi connectivity index (χ0) is 25.6. The highest BCUT2D eigenvalue weighted by Crippen LogP contribution is 2.29. The molecule has 0 radical (unpaired) electrons. The average molecular weight is 499 g/mol. The monoisotopic (exact) mass is 498 g/mol. The summed E-state index contributed by atoms with van der Waals surface area (Å²) in [5.74, 6) is 1.13. The number of H-pyrrole nitrogens is 1. The lowest BCUT2D eigenvalue weighted by atomic mass is 10.1. The molecule has 2 aromatic rings. The van der Waals surface area contributed by atoms with Gasteiger partial charge >= 0.3 is 0 Å². The molecule has 1 unspecified atom stereocenters. The van der Waals surface area contributed by atoms with Gasteiger partial charge in [0.25, 0.3) is 5.91 Å². The van der Waals surface area contributed by atoms with Gasteiger partial charge < -0.3 is 14.5 Å². The molecule has 0 spiro atoms. The number of thiazole rings is 1. The molecule has 1 saturated heterocycles. The summed E-state index contributed by atoms with van der Waals surface area (Å²) >= 11 is 1.48. The highest BCUT2D eigenvalue weighted by molar-refractivity contribution is 7.10. The van der Waals surface area contributed by atoms with Crippen LogP contribution in [-0.4, -0.2) is 41.2 Å². The summed E-state index contributed by atoms with van der Waals surface area (Å²) in [6.45, 7) is 11.4. The molecule has 35 heavy (non-hydrogen) atoms. The SMILES string of the molecule is C/C=C1/OCC/C1=C/C(C)c1nc(C(=O)Nc2ncc(C(/C=C\CCC)=C/COC)[nH]2)cs1.CC. The number of hydrogen-bond acceptors (Lipinski definition) is 6. The zero-order valence-corrected chi connectivity index (χ0v) is 22.5. The fraction of sp³-hybridized carbons (Fsp3) is 0.444. The number of rotatable bonds is 10. The van der Waals surface area contributed by atoms with Crippen LogP contribution in [0.3, 0.4) is 0 Å². The Bertz CT molecular complexity index is 1060. The molecule has 1 atom stereocenters.